The first-order valence-corrected chi connectivity index (χ1v) is 23.6. The van der Waals surface area contributed by atoms with Gasteiger partial charge in [-0.15, -0.1) is 0 Å². The first-order chi connectivity index (χ1) is 30.7. The van der Waals surface area contributed by atoms with E-state index in [1.165, 1.54) is 6.92 Å². The second-order valence-corrected chi connectivity index (χ2v) is 20.9. The third-order valence-electron chi connectivity index (χ3n) is 17.5. The van der Waals surface area contributed by atoms with Crippen molar-refractivity contribution < 1.29 is 94.1 Å². The fourth-order valence-electron chi connectivity index (χ4n) is 13.8. The second-order valence-electron chi connectivity index (χ2n) is 20.9. The molecule has 65 heavy (non-hydrogen) atoms. The van der Waals surface area contributed by atoms with Gasteiger partial charge in [-0.25, -0.2) is 0 Å². The minimum absolute atomic E-state index is 0.000172. The number of hydrogen-bond acceptors (Lipinski definition) is 19. The summed E-state index contributed by atoms with van der Waals surface area (Å²) in [6.45, 7) is 11.2. The minimum atomic E-state index is -1.71. The third kappa shape index (κ3) is 8.52. The molecule has 372 valence electrons. The van der Waals surface area contributed by atoms with Gasteiger partial charge in [-0.2, -0.15) is 0 Å². The Morgan fingerprint density at radius 1 is 0.769 bits per heavy atom. The maximum Gasteiger partial charge on any atom is 0.187 e. The zero-order valence-corrected chi connectivity index (χ0v) is 38.0. The molecule has 0 bridgehead atoms. The lowest BCUT2D eigenvalue weighted by Gasteiger charge is -2.60. The number of methoxy groups -OCH3 is 1. The van der Waals surface area contributed by atoms with E-state index in [4.69, 9.17) is 37.9 Å². The van der Waals surface area contributed by atoms with E-state index >= 15 is 0 Å². The summed E-state index contributed by atoms with van der Waals surface area (Å²) in [5, 5.41) is 116. The highest BCUT2D eigenvalue weighted by molar-refractivity contribution is 5.29. The first-order valence-electron chi connectivity index (χ1n) is 23.6. The number of aliphatic hydroxyl groups is 11. The molecule has 19 heteroatoms. The maximum atomic E-state index is 11.4. The molecule has 0 aromatic heterocycles. The molecule has 0 spiro atoms. The van der Waals surface area contributed by atoms with Crippen LogP contribution >= 0.6 is 0 Å². The van der Waals surface area contributed by atoms with Crippen LogP contribution in [0, 0.1) is 40.4 Å². The van der Waals surface area contributed by atoms with E-state index in [0.29, 0.717) is 24.8 Å². The summed E-state index contributed by atoms with van der Waals surface area (Å²) in [4.78, 5) is 0. The Morgan fingerprint density at radius 2 is 1.42 bits per heavy atom. The van der Waals surface area contributed by atoms with Gasteiger partial charge in [0.15, 0.2) is 24.7 Å². The molecule has 4 saturated heterocycles. The van der Waals surface area contributed by atoms with Crippen molar-refractivity contribution in [1.29, 1.82) is 0 Å². The second kappa shape index (κ2) is 19.1. The molecule has 7 fully saturated rings. The molecule has 4 aliphatic heterocycles. The third-order valence-corrected chi connectivity index (χ3v) is 17.5. The van der Waals surface area contributed by atoms with Crippen LogP contribution in [0.25, 0.3) is 0 Å². The number of aliphatic hydroxyl groups excluding tert-OH is 11. The lowest BCUT2D eigenvalue weighted by molar-refractivity contribution is -0.374. The van der Waals surface area contributed by atoms with Gasteiger partial charge in [-0.05, 0) is 74.5 Å². The highest BCUT2D eigenvalue weighted by atomic mass is 16.8. The van der Waals surface area contributed by atoms with Crippen molar-refractivity contribution in [3.63, 3.8) is 0 Å². The average molecular weight is 931 g/mol. The number of rotatable bonds is 13. The van der Waals surface area contributed by atoms with Crippen LogP contribution in [0.1, 0.15) is 79.1 Å². The summed E-state index contributed by atoms with van der Waals surface area (Å²) in [5.41, 5.74) is 1.07. The largest absolute Gasteiger partial charge is 0.394 e. The predicted molar refractivity (Wildman–Crippen MR) is 224 cm³/mol. The zero-order valence-electron chi connectivity index (χ0n) is 38.0. The van der Waals surface area contributed by atoms with Gasteiger partial charge in [0.2, 0.25) is 0 Å². The van der Waals surface area contributed by atoms with E-state index in [2.05, 4.69) is 33.4 Å². The molecule has 3 saturated carbocycles. The molecule has 19 nitrogen and oxygen atoms in total. The molecule has 11 N–H and O–H groups in total. The molecular formula is C46H74O19. The summed E-state index contributed by atoms with van der Waals surface area (Å²) in [7, 11) is 1.67. The van der Waals surface area contributed by atoms with E-state index in [1.54, 1.807) is 7.11 Å². The maximum absolute atomic E-state index is 11.4. The SMILES string of the molecule is C=C(CCC1(OC)O[C@H]2C[C@H]3[C@@H]4CC=C5C[C@@H](O)C[C@@H](O[C@@H]6O[C@H](CO)[C@H](O)[C@H](O)[C@H]6O[C@@H]6O[C@@H](C)[C@H](O)[C@@H](O)[C@H]6O)[C@]5(C)[C@H]4CC[C@]3(C)[C@H]2[C@@H]1C)CO[C@@H]1O[C@H](CO)[C@@H](O)[C@H](O)[C@H]1O. The number of allylic oxidation sites excluding steroid dienone is 1. The van der Waals surface area contributed by atoms with Crippen LogP contribution in [0.15, 0.2) is 23.8 Å². The van der Waals surface area contributed by atoms with Gasteiger partial charge in [0.05, 0.1) is 44.2 Å². The van der Waals surface area contributed by atoms with Crippen molar-refractivity contribution in [2.24, 2.45) is 40.4 Å². The topological polar surface area (TPSA) is 296 Å². The first kappa shape index (κ1) is 50.1. The molecule has 0 aromatic carbocycles. The van der Waals surface area contributed by atoms with Crippen LogP contribution in [0.5, 0.6) is 0 Å². The van der Waals surface area contributed by atoms with Crippen LogP contribution < -0.4 is 0 Å². The number of ether oxygens (including phenoxy) is 8. The normalized spacial score (nSPS) is 54.3. The van der Waals surface area contributed by atoms with E-state index in [-0.39, 0.29) is 54.1 Å². The van der Waals surface area contributed by atoms with Gasteiger partial charge < -0.3 is 94.1 Å². The Kier molecular flexibility index (Phi) is 14.8. The lowest BCUT2D eigenvalue weighted by Crippen LogP contribution is -2.65. The molecule has 8 rings (SSSR count). The fourth-order valence-corrected chi connectivity index (χ4v) is 13.8. The fraction of sp³-hybridized carbons (Fsp3) is 0.913. The van der Waals surface area contributed by atoms with Crippen molar-refractivity contribution in [2.75, 3.05) is 26.9 Å². The molecular weight excluding hydrogens is 856 g/mol. The Hall–Kier alpha value is -1.28. The van der Waals surface area contributed by atoms with Crippen molar-refractivity contribution >= 4 is 0 Å². The molecule has 26 atom stereocenters. The van der Waals surface area contributed by atoms with Crippen molar-refractivity contribution in [1.82, 2.24) is 0 Å². The van der Waals surface area contributed by atoms with Gasteiger partial charge in [-0.3, -0.25) is 0 Å². The highest BCUT2D eigenvalue weighted by Crippen LogP contribution is 2.70. The van der Waals surface area contributed by atoms with Crippen LogP contribution in [-0.4, -0.2) is 199 Å². The Balaban J connectivity index is 0.964. The molecule has 8 aliphatic rings. The van der Waals surface area contributed by atoms with Crippen LogP contribution in [0.3, 0.4) is 0 Å². The summed E-state index contributed by atoms with van der Waals surface area (Å²) in [6, 6.07) is 0. The van der Waals surface area contributed by atoms with Crippen molar-refractivity contribution in [2.45, 2.75) is 195 Å². The predicted octanol–water partition coefficient (Wildman–Crippen LogP) is -1.29. The summed E-state index contributed by atoms with van der Waals surface area (Å²) in [5.74, 6) is -0.0621. The van der Waals surface area contributed by atoms with Gasteiger partial charge in [0.25, 0.3) is 0 Å². The molecule has 1 unspecified atom stereocenters. The average Bonchev–Trinajstić information content (AvgIpc) is 3.74. The lowest BCUT2D eigenvalue weighted by atomic mass is 9.46. The van der Waals surface area contributed by atoms with E-state index in [9.17, 15) is 56.2 Å². The van der Waals surface area contributed by atoms with E-state index < -0.39 is 129 Å². The van der Waals surface area contributed by atoms with Crippen LogP contribution in [0.4, 0.5) is 0 Å². The summed E-state index contributed by atoms with van der Waals surface area (Å²) in [6.07, 6.45) is -15.6. The monoisotopic (exact) mass is 930 g/mol. The Labute approximate surface area is 379 Å². The van der Waals surface area contributed by atoms with Gasteiger partial charge >= 0.3 is 0 Å². The quantitative estimate of drug-likeness (QED) is 0.0959. The van der Waals surface area contributed by atoms with Gasteiger partial charge in [0.1, 0.15) is 67.1 Å². The zero-order chi connectivity index (χ0) is 47.1. The van der Waals surface area contributed by atoms with Crippen molar-refractivity contribution in [3.05, 3.63) is 23.8 Å². The minimum Gasteiger partial charge on any atom is -0.394 e. The van der Waals surface area contributed by atoms with Crippen molar-refractivity contribution in [3.8, 4) is 0 Å². The van der Waals surface area contributed by atoms with Crippen LogP contribution in [-0.2, 0) is 37.9 Å². The summed E-state index contributed by atoms with van der Waals surface area (Å²) >= 11 is 0. The summed E-state index contributed by atoms with van der Waals surface area (Å²) < 4.78 is 49.2. The van der Waals surface area contributed by atoms with E-state index in [0.717, 1.165) is 31.3 Å². The van der Waals surface area contributed by atoms with E-state index in [1.807, 2.05) is 0 Å². The van der Waals surface area contributed by atoms with Crippen LogP contribution in [0.2, 0.25) is 0 Å². The Bertz CT molecular complexity index is 1700. The molecule has 0 radical (unpaired) electrons. The van der Waals surface area contributed by atoms with Gasteiger partial charge in [-0.1, -0.05) is 44.6 Å². The number of fused-ring (bicyclic) bond motifs is 7. The molecule has 0 aromatic rings. The standard InChI is InChI=1S/C46H74O19/c1-19(18-59-41-38(56)36(54)33(51)28(16-47)61-41)9-12-46(58-6)20(2)31-27(65-46)15-26-24-8-7-22-13-23(49)14-30(45(22,5)25(24)10-11-44(26,31)4)63-43-40(37(55)34(52)29(17-48)62-43)64-42-39(57)35(53)32(50)21(3)60-42/h7,20-21,23-43,47-57H,1,8-18H2,2-6H3/t20-,21-,23+,24+,25-,26-,27-,28+,29+,30+,31-,32-,33+,34-,35+,36-,37-,38+,39+,40+,41+,42-,43-,44-,45-,46?/m0/s1. The molecule has 0 amide bonds. The highest BCUT2D eigenvalue weighted by Gasteiger charge is 2.69. The molecule has 4 aliphatic carbocycles. The number of hydrogen-bond donors (Lipinski definition) is 11. The molecule has 4 heterocycles. The Morgan fingerprint density at radius 3 is 2.09 bits per heavy atom. The smallest absolute Gasteiger partial charge is 0.187 e. The van der Waals surface area contributed by atoms with Gasteiger partial charge in [0, 0.05) is 31.3 Å².